The SMILES string of the molecule is CC(C)=CC1C(C(=O)N2CCC3(CC2)OCCO3)C1(C)C. The van der Waals surface area contributed by atoms with Gasteiger partial charge in [0.25, 0.3) is 0 Å². The number of carbonyl (C=O) groups is 1. The van der Waals surface area contributed by atoms with Crippen LogP contribution in [-0.2, 0) is 14.3 Å². The largest absolute Gasteiger partial charge is 0.347 e. The van der Waals surface area contributed by atoms with Gasteiger partial charge in [0.05, 0.1) is 19.1 Å². The Morgan fingerprint density at radius 2 is 1.71 bits per heavy atom. The highest BCUT2D eigenvalue weighted by molar-refractivity contribution is 5.84. The van der Waals surface area contributed by atoms with E-state index in [1.807, 2.05) is 4.90 Å². The average molecular weight is 293 g/mol. The summed E-state index contributed by atoms with van der Waals surface area (Å²) in [6.07, 6.45) is 3.87. The van der Waals surface area contributed by atoms with E-state index in [4.69, 9.17) is 9.47 Å². The molecule has 2 unspecified atom stereocenters. The summed E-state index contributed by atoms with van der Waals surface area (Å²) in [5.41, 5.74) is 1.40. The molecule has 0 radical (unpaired) electrons. The van der Waals surface area contributed by atoms with Crippen LogP contribution in [0.1, 0.15) is 40.5 Å². The monoisotopic (exact) mass is 293 g/mol. The van der Waals surface area contributed by atoms with E-state index in [0.717, 1.165) is 25.9 Å². The number of likely N-dealkylation sites (tertiary alicyclic amines) is 1. The molecule has 1 amide bonds. The van der Waals surface area contributed by atoms with Gasteiger partial charge in [-0.05, 0) is 25.2 Å². The van der Waals surface area contributed by atoms with E-state index in [1.54, 1.807) is 0 Å². The van der Waals surface area contributed by atoms with E-state index in [0.29, 0.717) is 25.0 Å². The molecule has 0 aromatic heterocycles. The average Bonchev–Trinajstić information content (AvgIpc) is 2.75. The summed E-state index contributed by atoms with van der Waals surface area (Å²) in [6, 6.07) is 0. The molecule has 0 aromatic rings. The van der Waals surface area contributed by atoms with Crippen molar-refractivity contribution < 1.29 is 14.3 Å². The van der Waals surface area contributed by atoms with Gasteiger partial charge < -0.3 is 14.4 Å². The normalized spacial score (nSPS) is 33.0. The Bertz CT molecular complexity index is 449. The van der Waals surface area contributed by atoms with E-state index in [9.17, 15) is 4.79 Å². The number of hydrogen-bond acceptors (Lipinski definition) is 3. The number of amides is 1. The zero-order chi connectivity index (χ0) is 15.3. The lowest BCUT2D eigenvalue weighted by atomic mass is 10.0. The Kier molecular flexibility index (Phi) is 3.65. The van der Waals surface area contributed by atoms with Gasteiger partial charge in [-0.25, -0.2) is 0 Å². The number of rotatable bonds is 2. The molecule has 2 saturated heterocycles. The highest BCUT2D eigenvalue weighted by Gasteiger charge is 2.61. The highest BCUT2D eigenvalue weighted by Crippen LogP contribution is 2.60. The smallest absolute Gasteiger partial charge is 0.226 e. The molecule has 0 bridgehead atoms. The third kappa shape index (κ3) is 2.64. The van der Waals surface area contributed by atoms with Gasteiger partial charge in [0.1, 0.15) is 0 Å². The molecule has 4 heteroatoms. The summed E-state index contributed by atoms with van der Waals surface area (Å²) >= 11 is 0. The quantitative estimate of drug-likeness (QED) is 0.735. The Morgan fingerprint density at radius 1 is 1.14 bits per heavy atom. The second-order valence-corrected chi connectivity index (χ2v) is 7.50. The van der Waals surface area contributed by atoms with E-state index in [1.165, 1.54) is 5.57 Å². The Labute approximate surface area is 127 Å². The molecule has 2 heterocycles. The number of hydrogen-bond donors (Lipinski definition) is 0. The number of allylic oxidation sites excluding steroid dienone is 2. The molecule has 1 saturated carbocycles. The van der Waals surface area contributed by atoms with Crippen molar-refractivity contribution in [2.45, 2.75) is 46.3 Å². The van der Waals surface area contributed by atoms with Crippen LogP contribution < -0.4 is 0 Å². The number of carbonyl (C=O) groups excluding carboxylic acids is 1. The molecule has 3 aliphatic rings. The van der Waals surface area contributed by atoms with Gasteiger partial charge in [0, 0.05) is 25.9 Å². The number of ether oxygens (including phenoxy) is 2. The molecule has 3 fully saturated rings. The Hall–Kier alpha value is -0.870. The van der Waals surface area contributed by atoms with E-state index < -0.39 is 5.79 Å². The molecule has 118 valence electrons. The van der Waals surface area contributed by atoms with Gasteiger partial charge in [-0.1, -0.05) is 25.5 Å². The van der Waals surface area contributed by atoms with Crippen molar-refractivity contribution in [1.82, 2.24) is 4.90 Å². The van der Waals surface area contributed by atoms with Crippen molar-refractivity contribution in [3.8, 4) is 0 Å². The van der Waals surface area contributed by atoms with E-state index in [-0.39, 0.29) is 11.3 Å². The van der Waals surface area contributed by atoms with E-state index >= 15 is 0 Å². The Balaban J connectivity index is 1.61. The van der Waals surface area contributed by atoms with Crippen LogP contribution in [0.4, 0.5) is 0 Å². The van der Waals surface area contributed by atoms with Crippen molar-refractivity contribution in [3.05, 3.63) is 11.6 Å². The third-order valence-corrected chi connectivity index (χ3v) is 5.34. The lowest BCUT2D eigenvalue weighted by Gasteiger charge is -2.37. The first-order valence-corrected chi connectivity index (χ1v) is 8.07. The minimum absolute atomic E-state index is 0.101. The Morgan fingerprint density at radius 3 is 2.24 bits per heavy atom. The minimum atomic E-state index is -0.394. The van der Waals surface area contributed by atoms with Crippen LogP contribution in [-0.4, -0.2) is 42.9 Å². The first-order chi connectivity index (χ1) is 9.86. The summed E-state index contributed by atoms with van der Waals surface area (Å²) in [4.78, 5) is 14.8. The fourth-order valence-electron chi connectivity index (χ4n) is 3.87. The molecule has 2 aliphatic heterocycles. The van der Waals surface area contributed by atoms with Gasteiger partial charge in [-0.3, -0.25) is 4.79 Å². The van der Waals surface area contributed by atoms with Gasteiger partial charge >= 0.3 is 0 Å². The summed E-state index contributed by atoms with van der Waals surface area (Å²) in [7, 11) is 0. The van der Waals surface area contributed by atoms with Crippen molar-refractivity contribution >= 4 is 5.91 Å². The first-order valence-electron chi connectivity index (χ1n) is 8.07. The topological polar surface area (TPSA) is 38.8 Å². The van der Waals surface area contributed by atoms with Crippen LogP contribution >= 0.6 is 0 Å². The maximum atomic E-state index is 12.8. The summed E-state index contributed by atoms with van der Waals surface area (Å²) < 4.78 is 11.5. The van der Waals surface area contributed by atoms with Crippen LogP contribution in [0, 0.1) is 17.3 Å². The van der Waals surface area contributed by atoms with Gasteiger partial charge in [-0.15, -0.1) is 0 Å². The molecule has 4 nitrogen and oxygen atoms in total. The maximum absolute atomic E-state index is 12.8. The fourth-order valence-corrected chi connectivity index (χ4v) is 3.87. The lowest BCUT2D eigenvalue weighted by Crippen LogP contribution is -2.48. The van der Waals surface area contributed by atoms with Gasteiger partial charge in [0.15, 0.2) is 5.79 Å². The summed E-state index contributed by atoms with van der Waals surface area (Å²) in [5, 5.41) is 0. The molecular formula is C17H27NO3. The minimum Gasteiger partial charge on any atom is -0.347 e. The number of nitrogens with zero attached hydrogens (tertiary/aromatic N) is 1. The molecule has 2 atom stereocenters. The molecule has 3 rings (SSSR count). The second kappa shape index (κ2) is 5.10. The van der Waals surface area contributed by atoms with E-state index in [2.05, 4.69) is 33.8 Å². The van der Waals surface area contributed by atoms with Crippen molar-refractivity contribution in [2.75, 3.05) is 26.3 Å². The standard InChI is InChI=1S/C17H27NO3/c1-12(2)11-13-14(16(13,3)4)15(19)18-7-5-17(6-8-18)20-9-10-21-17/h11,13-14H,5-10H2,1-4H3. The predicted molar refractivity (Wildman–Crippen MR) is 80.6 cm³/mol. The maximum Gasteiger partial charge on any atom is 0.226 e. The summed E-state index contributed by atoms with van der Waals surface area (Å²) in [5.74, 6) is 0.460. The molecule has 1 aliphatic carbocycles. The number of piperidine rings is 1. The van der Waals surface area contributed by atoms with Crippen LogP contribution in [0.3, 0.4) is 0 Å². The van der Waals surface area contributed by atoms with Gasteiger partial charge in [-0.2, -0.15) is 0 Å². The molecule has 1 spiro atoms. The third-order valence-electron chi connectivity index (χ3n) is 5.34. The van der Waals surface area contributed by atoms with Crippen molar-refractivity contribution in [1.29, 1.82) is 0 Å². The molecule has 0 aromatic carbocycles. The van der Waals surface area contributed by atoms with Crippen LogP contribution in [0.25, 0.3) is 0 Å². The van der Waals surface area contributed by atoms with Crippen molar-refractivity contribution in [2.24, 2.45) is 17.3 Å². The summed E-state index contributed by atoms with van der Waals surface area (Å²) in [6.45, 7) is 11.5. The second-order valence-electron chi connectivity index (χ2n) is 7.50. The fraction of sp³-hybridized carbons (Fsp3) is 0.824. The molecular weight excluding hydrogens is 266 g/mol. The zero-order valence-corrected chi connectivity index (χ0v) is 13.6. The van der Waals surface area contributed by atoms with Crippen LogP contribution in [0.5, 0.6) is 0 Å². The zero-order valence-electron chi connectivity index (χ0n) is 13.6. The molecule has 21 heavy (non-hydrogen) atoms. The van der Waals surface area contributed by atoms with Crippen molar-refractivity contribution in [3.63, 3.8) is 0 Å². The van der Waals surface area contributed by atoms with Crippen LogP contribution in [0.15, 0.2) is 11.6 Å². The lowest BCUT2D eigenvalue weighted by molar-refractivity contribution is -0.187. The van der Waals surface area contributed by atoms with Gasteiger partial charge in [0.2, 0.25) is 5.91 Å². The first kappa shape index (κ1) is 15.0. The van der Waals surface area contributed by atoms with Crippen LogP contribution in [0.2, 0.25) is 0 Å². The molecule has 0 N–H and O–H groups in total. The predicted octanol–water partition coefficient (Wildman–Crippen LogP) is 2.59. The highest BCUT2D eigenvalue weighted by atomic mass is 16.7.